The van der Waals surface area contributed by atoms with Crippen molar-refractivity contribution in [3.63, 3.8) is 0 Å². The maximum absolute atomic E-state index is 13.2. The molecule has 4 aromatic rings. The number of nitrogens with one attached hydrogen (secondary N) is 2. The van der Waals surface area contributed by atoms with Gasteiger partial charge in [-0.3, -0.25) is 29.4 Å². The first-order valence-electron chi connectivity index (χ1n) is 15.7. The molecule has 1 fully saturated rings. The second kappa shape index (κ2) is 13.3. The number of nitrogens with zero attached hydrogens (tertiary/aromatic N) is 4. The van der Waals surface area contributed by atoms with Gasteiger partial charge in [0, 0.05) is 42.1 Å². The minimum Gasteiger partial charge on any atom is -0.385 e. The van der Waals surface area contributed by atoms with Crippen LogP contribution in [0.15, 0.2) is 59.1 Å². The Balaban J connectivity index is 1.16. The molecule has 2 aliphatic heterocycles. The molecule has 2 aliphatic rings. The van der Waals surface area contributed by atoms with Crippen LogP contribution >= 0.6 is 11.6 Å². The molecule has 1 saturated heterocycles. The molecule has 0 saturated carbocycles. The van der Waals surface area contributed by atoms with Crippen LogP contribution in [0.5, 0.6) is 0 Å². The number of anilines is 3. The van der Waals surface area contributed by atoms with E-state index in [1.165, 1.54) is 0 Å². The molecule has 11 nitrogen and oxygen atoms in total. The highest BCUT2D eigenvalue weighted by Crippen LogP contribution is 2.36. The van der Waals surface area contributed by atoms with Crippen LogP contribution in [0.2, 0.25) is 5.02 Å². The summed E-state index contributed by atoms with van der Waals surface area (Å²) in [6.45, 7) is 7.10. The molecule has 3 aromatic carbocycles. The Kier molecular flexibility index (Phi) is 9.02. The average Bonchev–Trinajstić information content (AvgIpc) is 3.53. The number of hydrogen-bond acceptors (Lipinski definition) is 9. The van der Waals surface area contributed by atoms with E-state index >= 15 is 0 Å². The van der Waals surface area contributed by atoms with Gasteiger partial charge in [-0.25, -0.2) is 0 Å². The lowest BCUT2D eigenvalue weighted by molar-refractivity contribution is -0.136. The van der Waals surface area contributed by atoms with Crippen molar-refractivity contribution in [1.82, 2.24) is 15.4 Å². The number of benzene rings is 3. The topological polar surface area (TPSA) is 149 Å². The summed E-state index contributed by atoms with van der Waals surface area (Å²) in [4.78, 5) is 53.3. The first-order chi connectivity index (χ1) is 23.1. The summed E-state index contributed by atoms with van der Waals surface area (Å²) in [6.07, 6.45) is 1.73. The minimum atomic E-state index is -1.01. The summed E-state index contributed by atoms with van der Waals surface area (Å²) in [7, 11) is 0. The Morgan fingerprint density at radius 2 is 1.81 bits per heavy atom. The second-order valence-corrected chi connectivity index (χ2v) is 12.4. The number of rotatable bonds is 10. The number of piperidine rings is 1. The molecular formula is C36H33ClN6O5. The molecule has 1 unspecified atom stereocenters. The van der Waals surface area contributed by atoms with Crippen molar-refractivity contribution in [3.8, 4) is 17.2 Å². The van der Waals surface area contributed by atoms with Gasteiger partial charge in [0.05, 0.1) is 27.4 Å². The number of fused-ring (bicyclic) bond motifs is 1. The van der Waals surface area contributed by atoms with E-state index in [1.807, 2.05) is 26.8 Å². The third kappa shape index (κ3) is 6.14. The number of nitriles is 1. The molecule has 1 atom stereocenters. The molecule has 0 aliphatic carbocycles. The molecule has 2 N–H and O–H groups in total. The van der Waals surface area contributed by atoms with Crippen molar-refractivity contribution in [2.45, 2.75) is 52.5 Å². The first-order valence-corrected chi connectivity index (χ1v) is 16.1. The number of unbranched alkanes of at least 4 members (excludes halogenated alkanes) is 1. The van der Waals surface area contributed by atoms with Crippen LogP contribution in [-0.2, 0) is 9.59 Å². The predicted molar refractivity (Wildman–Crippen MR) is 180 cm³/mol. The summed E-state index contributed by atoms with van der Waals surface area (Å²) < 4.78 is 5.43. The van der Waals surface area contributed by atoms with Gasteiger partial charge >= 0.3 is 0 Å². The number of amides is 4. The van der Waals surface area contributed by atoms with Crippen molar-refractivity contribution in [1.29, 1.82) is 5.26 Å². The Bertz CT molecular complexity index is 1990. The molecule has 0 bridgehead atoms. The molecule has 0 radical (unpaired) electrons. The summed E-state index contributed by atoms with van der Waals surface area (Å²) in [6, 6.07) is 17.8. The van der Waals surface area contributed by atoms with Gasteiger partial charge in [0.1, 0.15) is 17.9 Å². The summed E-state index contributed by atoms with van der Waals surface area (Å²) in [5, 5.41) is 19.5. The predicted octanol–water partition coefficient (Wildman–Crippen LogP) is 6.22. The largest absolute Gasteiger partial charge is 0.385 e. The Hall–Kier alpha value is -5.47. The zero-order valence-electron chi connectivity index (χ0n) is 26.7. The van der Waals surface area contributed by atoms with Gasteiger partial charge in [-0.05, 0) is 93.6 Å². The van der Waals surface area contributed by atoms with Crippen LogP contribution in [0.25, 0.3) is 11.1 Å². The molecule has 244 valence electrons. The van der Waals surface area contributed by atoms with E-state index in [9.17, 15) is 24.4 Å². The number of carbonyl (C=O) groups excluding carboxylic acids is 4. The number of aryl methyl sites for hydroxylation is 3. The highest BCUT2D eigenvalue weighted by Gasteiger charge is 2.44. The molecule has 1 aromatic heterocycles. The SMILES string of the molecule is Cc1ccc(-c2c(C)noc2C)cc1N(CCCCNc1ccc2c(c1)C(=O)N(C1CCC(=O)NC1=O)C2=O)c1ccc(C#N)c(Cl)c1. The van der Waals surface area contributed by atoms with Gasteiger partial charge in [0.2, 0.25) is 11.8 Å². The molecule has 0 spiro atoms. The highest BCUT2D eigenvalue weighted by molar-refractivity contribution is 6.32. The summed E-state index contributed by atoms with van der Waals surface area (Å²) in [5.74, 6) is -1.39. The van der Waals surface area contributed by atoms with Crippen molar-refractivity contribution in [3.05, 3.63) is 93.3 Å². The second-order valence-electron chi connectivity index (χ2n) is 12.0. The molecular weight excluding hydrogens is 632 g/mol. The standard InChI is InChI=1S/C36H33ClN6O5/c1-20-6-7-23(33-21(2)41-48-22(33)3)16-31(20)42(26-10-8-24(19-38)29(37)18-26)15-5-4-14-39-25-9-11-27-28(17-25)36(47)43(35(27)46)30-12-13-32(44)40-34(30)45/h6-11,16-18,30,39H,4-5,12-15H2,1-3H3,(H,40,44,45). The monoisotopic (exact) mass is 664 g/mol. The van der Waals surface area contributed by atoms with Gasteiger partial charge in [0.25, 0.3) is 11.8 Å². The van der Waals surface area contributed by atoms with E-state index in [4.69, 9.17) is 16.1 Å². The number of hydrogen-bond donors (Lipinski definition) is 2. The fourth-order valence-corrected chi connectivity index (χ4v) is 6.53. The average molecular weight is 665 g/mol. The Labute approximate surface area is 282 Å². The van der Waals surface area contributed by atoms with Crippen LogP contribution in [0.4, 0.5) is 17.1 Å². The van der Waals surface area contributed by atoms with Crippen LogP contribution in [0.3, 0.4) is 0 Å². The lowest BCUT2D eigenvalue weighted by Gasteiger charge is -2.28. The van der Waals surface area contributed by atoms with Crippen molar-refractivity contribution < 1.29 is 23.7 Å². The van der Waals surface area contributed by atoms with Crippen molar-refractivity contribution >= 4 is 52.3 Å². The van der Waals surface area contributed by atoms with Crippen molar-refractivity contribution in [2.24, 2.45) is 0 Å². The van der Waals surface area contributed by atoms with E-state index < -0.39 is 29.7 Å². The Morgan fingerprint density at radius 3 is 2.52 bits per heavy atom. The fraction of sp³-hybridized carbons (Fsp3) is 0.278. The quantitative estimate of drug-likeness (QED) is 0.149. The zero-order valence-corrected chi connectivity index (χ0v) is 27.5. The zero-order chi connectivity index (χ0) is 34.1. The van der Waals surface area contributed by atoms with Gasteiger partial charge in [-0.1, -0.05) is 28.9 Å². The van der Waals surface area contributed by atoms with Crippen LogP contribution in [-0.4, -0.2) is 52.8 Å². The lowest BCUT2D eigenvalue weighted by atomic mass is 10.0. The van der Waals surface area contributed by atoms with E-state index in [0.29, 0.717) is 29.4 Å². The normalized spacial score (nSPS) is 15.7. The third-order valence-electron chi connectivity index (χ3n) is 8.78. The first kappa shape index (κ1) is 32.5. The van der Waals surface area contributed by atoms with E-state index in [0.717, 1.165) is 57.3 Å². The third-order valence-corrected chi connectivity index (χ3v) is 9.10. The summed E-state index contributed by atoms with van der Waals surface area (Å²) in [5.41, 5.74) is 7.20. The lowest BCUT2D eigenvalue weighted by Crippen LogP contribution is -2.54. The van der Waals surface area contributed by atoms with Gasteiger partial charge in [-0.2, -0.15) is 5.26 Å². The molecule has 4 amide bonds. The minimum absolute atomic E-state index is 0.0679. The van der Waals surface area contributed by atoms with E-state index in [2.05, 4.69) is 45.0 Å². The van der Waals surface area contributed by atoms with E-state index in [1.54, 1.807) is 30.3 Å². The fourth-order valence-electron chi connectivity index (χ4n) is 6.31. The number of halogens is 1. The molecule has 6 rings (SSSR count). The van der Waals surface area contributed by atoms with Crippen LogP contribution < -0.4 is 15.5 Å². The van der Waals surface area contributed by atoms with Gasteiger partial charge in [0.15, 0.2) is 0 Å². The number of carbonyl (C=O) groups is 4. The number of aromatic nitrogens is 1. The molecule has 3 heterocycles. The number of imide groups is 2. The van der Waals surface area contributed by atoms with Crippen LogP contribution in [0, 0.1) is 32.1 Å². The Morgan fingerprint density at radius 1 is 1.02 bits per heavy atom. The molecule has 48 heavy (non-hydrogen) atoms. The van der Waals surface area contributed by atoms with E-state index in [-0.39, 0.29) is 24.0 Å². The van der Waals surface area contributed by atoms with Crippen molar-refractivity contribution in [2.75, 3.05) is 23.3 Å². The summed E-state index contributed by atoms with van der Waals surface area (Å²) >= 11 is 6.47. The highest BCUT2D eigenvalue weighted by atomic mass is 35.5. The molecule has 12 heteroatoms. The maximum Gasteiger partial charge on any atom is 0.262 e. The maximum atomic E-state index is 13.2. The smallest absolute Gasteiger partial charge is 0.262 e. The van der Waals surface area contributed by atoms with Crippen LogP contribution in [0.1, 0.15) is 69.0 Å². The van der Waals surface area contributed by atoms with Gasteiger partial charge in [-0.15, -0.1) is 0 Å². The van der Waals surface area contributed by atoms with Gasteiger partial charge < -0.3 is 14.7 Å².